The zero-order valence-electron chi connectivity index (χ0n) is 9.94. The summed E-state index contributed by atoms with van der Waals surface area (Å²) in [4.78, 5) is 16.8. The van der Waals surface area contributed by atoms with Gasteiger partial charge in [-0.25, -0.2) is 4.98 Å². The number of carboxylic acids is 1. The number of hydrogen-bond donors (Lipinski definition) is 1. The summed E-state index contributed by atoms with van der Waals surface area (Å²) in [7, 11) is 0. The molecule has 1 atom stereocenters. The molecule has 94 valence electrons. The molecule has 1 N–H and O–H groups in total. The van der Waals surface area contributed by atoms with Crippen LogP contribution < -0.4 is 0 Å². The Kier molecular flexibility index (Phi) is 3.79. The van der Waals surface area contributed by atoms with Crippen LogP contribution in [0.25, 0.3) is 0 Å². The van der Waals surface area contributed by atoms with Crippen molar-refractivity contribution in [2.75, 3.05) is 13.2 Å². The van der Waals surface area contributed by atoms with Crippen molar-refractivity contribution in [3.05, 3.63) is 16.1 Å². The number of carbonyl (C=O) groups is 1. The van der Waals surface area contributed by atoms with Crippen LogP contribution in [0, 0.1) is 12.3 Å². The van der Waals surface area contributed by atoms with Gasteiger partial charge >= 0.3 is 5.97 Å². The molecule has 2 heterocycles. The van der Waals surface area contributed by atoms with Crippen molar-refractivity contribution in [1.82, 2.24) is 4.98 Å². The summed E-state index contributed by atoms with van der Waals surface area (Å²) in [5.74, 6) is -0.723. The van der Waals surface area contributed by atoms with Crippen LogP contribution in [0.2, 0.25) is 0 Å². The first kappa shape index (κ1) is 12.5. The third-order valence-corrected chi connectivity index (χ3v) is 4.45. The molecule has 0 spiro atoms. The molecule has 1 aromatic heterocycles. The highest BCUT2D eigenvalue weighted by Gasteiger charge is 2.40. The molecule has 4 nitrogen and oxygen atoms in total. The Bertz CT molecular complexity index is 396. The second-order valence-electron chi connectivity index (χ2n) is 4.60. The van der Waals surface area contributed by atoms with Gasteiger partial charge in [0.25, 0.3) is 0 Å². The van der Waals surface area contributed by atoms with E-state index < -0.39 is 11.4 Å². The van der Waals surface area contributed by atoms with Gasteiger partial charge in [-0.3, -0.25) is 4.79 Å². The maximum absolute atomic E-state index is 11.4. The van der Waals surface area contributed by atoms with E-state index in [4.69, 9.17) is 4.74 Å². The fourth-order valence-electron chi connectivity index (χ4n) is 2.24. The standard InChI is InChI=1S/C12H17NO3S/c1-9-10(17-8-13-9)3-5-12(11(14)15)4-2-6-16-7-12/h8H,2-7H2,1H3,(H,14,15). The molecule has 0 amide bonds. The summed E-state index contributed by atoms with van der Waals surface area (Å²) in [5, 5.41) is 9.39. The largest absolute Gasteiger partial charge is 0.481 e. The van der Waals surface area contributed by atoms with Gasteiger partial charge in [-0.2, -0.15) is 0 Å². The number of hydrogen-bond acceptors (Lipinski definition) is 4. The first-order valence-electron chi connectivity index (χ1n) is 5.84. The van der Waals surface area contributed by atoms with Crippen molar-refractivity contribution in [3.8, 4) is 0 Å². The van der Waals surface area contributed by atoms with Gasteiger partial charge in [0, 0.05) is 11.5 Å². The Labute approximate surface area is 105 Å². The quantitative estimate of drug-likeness (QED) is 0.896. The van der Waals surface area contributed by atoms with Crippen LogP contribution in [0.5, 0.6) is 0 Å². The Balaban J connectivity index is 2.03. The van der Waals surface area contributed by atoms with Gasteiger partial charge in [0.2, 0.25) is 0 Å². The SMILES string of the molecule is Cc1ncsc1CCC1(C(=O)O)CCCOC1. The van der Waals surface area contributed by atoms with Crippen molar-refractivity contribution >= 4 is 17.3 Å². The van der Waals surface area contributed by atoms with Crippen LogP contribution in [0.15, 0.2) is 5.51 Å². The number of aliphatic carboxylic acids is 1. The van der Waals surface area contributed by atoms with E-state index in [1.807, 2.05) is 12.4 Å². The lowest BCUT2D eigenvalue weighted by atomic mass is 9.78. The van der Waals surface area contributed by atoms with E-state index in [1.54, 1.807) is 11.3 Å². The van der Waals surface area contributed by atoms with E-state index in [0.717, 1.165) is 25.0 Å². The smallest absolute Gasteiger partial charge is 0.311 e. The maximum Gasteiger partial charge on any atom is 0.311 e. The zero-order valence-corrected chi connectivity index (χ0v) is 10.8. The van der Waals surface area contributed by atoms with E-state index >= 15 is 0 Å². The minimum atomic E-state index is -0.723. The summed E-state index contributed by atoms with van der Waals surface area (Å²) in [6, 6.07) is 0. The van der Waals surface area contributed by atoms with E-state index in [1.165, 1.54) is 4.88 Å². The molecule has 1 unspecified atom stereocenters. The third kappa shape index (κ3) is 2.66. The van der Waals surface area contributed by atoms with E-state index in [0.29, 0.717) is 19.6 Å². The van der Waals surface area contributed by atoms with Gasteiger partial charge in [0.15, 0.2) is 0 Å². The number of rotatable bonds is 4. The summed E-state index contributed by atoms with van der Waals surface area (Å²) in [6.45, 7) is 3.01. The summed E-state index contributed by atoms with van der Waals surface area (Å²) < 4.78 is 5.35. The number of thiazole rings is 1. The molecule has 2 rings (SSSR count). The highest BCUT2D eigenvalue weighted by atomic mass is 32.1. The molecule has 0 aliphatic carbocycles. The topological polar surface area (TPSA) is 59.4 Å². The lowest BCUT2D eigenvalue weighted by molar-refractivity contribution is -0.158. The Hall–Kier alpha value is -0.940. The maximum atomic E-state index is 11.4. The second kappa shape index (κ2) is 5.14. The van der Waals surface area contributed by atoms with Crippen LogP contribution in [0.3, 0.4) is 0 Å². The average Bonchev–Trinajstić information content (AvgIpc) is 2.73. The predicted molar refractivity (Wildman–Crippen MR) is 65.3 cm³/mol. The van der Waals surface area contributed by atoms with Crippen LogP contribution in [-0.4, -0.2) is 29.3 Å². The molecule has 0 saturated carbocycles. The molecule has 17 heavy (non-hydrogen) atoms. The fourth-order valence-corrected chi connectivity index (χ4v) is 3.03. The summed E-state index contributed by atoms with van der Waals surface area (Å²) >= 11 is 1.60. The monoisotopic (exact) mass is 255 g/mol. The molecular weight excluding hydrogens is 238 g/mol. The molecule has 0 radical (unpaired) electrons. The van der Waals surface area contributed by atoms with Gasteiger partial charge in [-0.15, -0.1) is 11.3 Å². The van der Waals surface area contributed by atoms with E-state index in [9.17, 15) is 9.90 Å². The van der Waals surface area contributed by atoms with Crippen molar-refractivity contribution in [2.24, 2.45) is 5.41 Å². The third-order valence-electron chi connectivity index (χ3n) is 3.45. The minimum absolute atomic E-state index is 0.347. The van der Waals surface area contributed by atoms with Crippen molar-refractivity contribution in [2.45, 2.75) is 32.6 Å². The number of aryl methyl sites for hydroxylation is 2. The van der Waals surface area contributed by atoms with Crippen molar-refractivity contribution in [3.63, 3.8) is 0 Å². The Morgan fingerprint density at radius 3 is 3.06 bits per heavy atom. The van der Waals surface area contributed by atoms with Crippen LogP contribution in [0.1, 0.15) is 29.8 Å². The number of nitrogens with zero attached hydrogens (tertiary/aromatic N) is 1. The predicted octanol–water partition coefficient (Wildman–Crippen LogP) is 2.27. The minimum Gasteiger partial charge on any atom is -0.481 e. The molecule has 1 saturated heterocycles. The molecule has 1 fully saturated rings. The van der Waals surface area contributed by atoms with Crippen molar-refractivity contribution in [1.29, 1.82) is 0 Å². The Morgan fingerprint density at radius 2 is 2.53 bits per heavy atom. The highest BCUT2D eigenvalue weighted by molar-refractivity contribution is 7.09. The van der Waals surface area contributed by atoms with E-state index in [2.05, 4.69) is 4.98 Å². The molecule has 1 aliphatic rings. The van der Waals surface area contributed by atoms with Gasteiger partial charge in [-0.05, 0) is 32.6 Å². The van der Waals surface area contributed by atoms with Crippen molar-refractivity contribution < 1.29 is 14.6 Å². The lowest BCUT2D eigenvalue weighted by Gasteiger charge is -2.32. The molecule has 0 aromatic carbocycles. The lowest BCUT2D eigenvalue weighted by Crippen LogP contribution is -2.39. The molecule has 5 heteroatoms. The highest BCUT2D eigenvalue weighted by Crippen LogP contribution is 2.34. The van der Waals surface area contributed by atoms with Gasteiger partial charge in [0.05, 0.1) is 23.2 Å². The number of carboxylic acid groups (broad SMARTS) is 1. The first-order chi connectivity index (χ1) is 8.14. The van der Waals surface area contributed by atoms with Gasteiger partial charge < -0.3 is 9.84 Å². The molecular formula is C12H17NO3S. The fraction of sp³-hybridized carbons (Fsp3) is 0.667. The van der Waals surface area contributed by atoms with Crippen LogP contribution in [-0.2, 0) is 16.0 Å². The number of ether oxygens (including phenoxy) is 1. The van der Waals surface area contributed by atoms with Gasteiger partial charge in [0.1, 0.15) is 0 Å². The zero-order chi connectivity index (χ0) is 12.3. The van der Waals surface area contributed by atoms with Gasteiger partial charge in [-0.1, -0.05) is 0 Å². The number of aromatic nitrogens is 1. The van der Waals surface area contributed by atoms with Crippen LogP contribution >= 0.6 is 11.3 Å². The Morgan fingerprint density at radius 1 is 1.71 bits per heavy atom. The second-order valence-corrected chi connectivity index (χ2v) is 5.54. The summed E-state index contributed by atoms with van der Waals surface area (Å²) in [5.41, 5.74) is 2.15. The summed E-state index contributed by atoms with van der Waals surface area (Å²) in [6.07, 6.45) is 2.99. The molecule has 0 bridgehead atoms. The normalized spacial score (nSPS) is 24.8. The first-order valence-corrected chi connectivity index (χ1v) is 6.72. The average molecular weight is 255 g/mol. The molecule has 1 aromatic rings. The van der Waals surface area contributed by atoms with E-state index in [-0.39, 0.29) is 0 Å². The van der Waals surface area contributed by atoms with Crippen LogP contribution in [0.4, 0.5) is 0 Å². The molecule has 1 aliphatic heterocycles.